The third kappa shape index (κ3) is 5.30. The van der Waals surface area contributed by atoms with Gasteiger partial charge >= 0.3 is 64.6 Å². The van der Waals surface area contributed by atoms with Crippen molar-refractivity contribution >= 4 is 13.2 Å². The van der Waals surface area contributed by atoms with Crippen LogP contribution < -0.4 is 51.4 Å². The number of nitrogens with zero attached hydrogens (tertiary/aromatic N) is 1. The van der Waals surface area contributed by atoms with Gasteiger partial charge in [-0.1, -0.05) is 6.08 Å². The fraction of sp³-hybridized carbons (Fsp3) is 0.812. The van der Waals surface area contributed by atoms with E-state index in [1.165, 1.54) is 0 Å². The number of hydrogen-bond acceptors (Lipinski definition) is 4. The summed E-state index contributed by atoms with van der Waals surface area (Å²) in [4.78, 5) is 13.8. The number of amides is 1. The first kappa shape index (κ1) is 21.7. The van der Waals surface area contributed by atoms with E-state index in [1.807, 2.05) is 54.5 Å². The topological polar surface area (TPSA) is 48.0 Å². The summed E-state index contributed by atoms with van der Waals surface area (Å²) in [6.07, 6.45) is 2.50. The van der Waals surface area contributed by atoms with Crippen molar-refractivity contribution in [3.8, 4) is 0 Å². The molecule has 0 radical (unpaired) electrons. The number of carbonyl (C=O) groups is 1. The van der Waals surface area contributed by atoms with Gasteiger partial charge in [0, 0.05) is 13.1 Å². The van der Waals surface area contributed by atoms with E-state index < -0.39 is 5.60 Å². The summed E-state index contributed by atoms with van der Waals surface area (Å²) in [5, 5.41) is 0. The van der Waals surface area contributed by atoms with Crippen molar-refractivity contribution in [2.75, 3.05) is 13.1 Å². The molecular formula is C16H29BKNO4. The third-order valence-corrected chi connectivity index (χ3v) is 4.45. The molecule has 0 spiro atoms. The van der Waals surface area contributed by atoms with Crippen LogP contribution in [0.5, 0.6) is 0 Å². The molecule has 0 bridgehead atoms. The Morgan fingerprint density at radius 1 is 1.26 bits per heavy atom. The van der Waals surface area contributed by atoms with Crippen LogP contribution in [0.1, 0.15) is 56.3 Å². The Morgan fingerprint density at radius 3 is 2.17 bits per heavy atom. The minimum atomic E-state index is -0.465. The molecule has 1 fully saturated rings. The monoisotopic (exact) mass is 349 g/mol. The fourth-order valence-electron chi connectivity index (χ4n) is 2.39. The minimum Gasteiger partial charge on any atom is -1.00 e. The minimum absolute atomic E-state index is 0. The molecule has 126 valence electrons. The molecule has 2 heterocycles. The Labute approximate surface area is 184 Å². The van der Waals surface area contributed by atoms with Gasteiger partial charge in [-0.2, -0.15) is 0 Å². The molecule has 23 heavy (non-hydrogen) atoms. The second kappa shape index (κ2) is 7.48. The van der Waals surface area contributed by atoms with E-state index in [2.05, 4.69) is 0 Å². The molecule has 0 saturated carbocycles. The molecule has 7 heteroatoms. The average molecular weight is 349 g/mol. The largest absolute Gasteiger partial charge is 1.00 e. The van der Waals surface area contributed by atoms with Gasteiger partial charge < -0.3 is 20.4 Å². The van der Waals surface area contributed by atoms with Crippen molar-refractivity contribution in [1.29, 1.82) is 0 Å². The van der Waals surface area contributed by atoms with Gasteiger partial charge in [0.15, 0.2) is 0 Å². The van der Waals surface area contributed by atoms with Crippen molar-refractivity contribution < 1.29 is 71.7 Å². The van der Waals surface area contributed by atoms with E-state index in [-0.39, 0.29) is 77.2 Å². The van der Waals surface area contributed by atoms with Gasteiger partial charge in [0.25, 0.3) is 0 Å². The van der Waals surface area contributed by atoms with Crippen molar-refractivity contribution in [3.63, 3.8) is 0 Å². The van der Waals surface area contributed by atoms with Crippen LogP contribution in [0.4, 0.5) is 4.79 Å². The predicted octanol–water partition coefficient (Wildman–Crippen LogP) is 0.302. The van der Waals surface area contributed by atoms with E-state index in [0.717, 1.165) is 11.9 Å². The summed E-state index contributed by atoms with van der Waals surface area (Å²) in [5.74, 6) is 0. The maximum Gasteiger partial charge on any atom is 1.00 e. The van der Waals surface area contributed by atoms with Crippen LogP contribution in [-0.4, -0.2) is 48.0 Å². The van der Waals surface area contributed by atoms with E-state index in [9.17, 15) is 4.79 Å². The van der Waals surface area contributed by atoms with Gasteiger partial charge in [0.2, 0.25) is 0 Å². The van der Waals surface area contributed by atoms with E-state index in [0.29, 0.717) is 13.1 Å². The summed E-state index contributed by atoms with van der Waals surface area (Å²) >= 11 is 0. The second-order valence-electron chi connectivity index (χ2n) is 8.04. The van der Waals surface area contributed by atoms with Gasteiger partial charge in [0.05, 0.1) is 11.2 Å². The molecule has 2 aliphatic rings. The van der Waals surface area contributed by atoms with E-state index in [4.69, 9.17) is 14.0 Å². The normalized spacial score (nSPS) is 23.2. The van der Waals surface area contributed by atoms with Crippen molar-refractivity contribution in [2.24, 2.45) is 0 Å². The first-order valence-electron chi connectivity index (χ1n) is 7.94. The maximum absolute atomic E-state index is 12.1. The Balaban J connectivity index is 0.00000264. The Morgan fingerprint density at radius 2 is 1.78 bits per heavy atom. The molecule has 2 aliphatic heterocycles. The molecule has 1 saturated heterocycles. The molecule has 0 N–H and O–H groups in total. The van der Waals surface area contributed by atoms with Crippen LogP contribution in [0.25, 0.3) is 0 Å². The summed E-state index contributed by atoms with van der Waals surface area (Å²) < 4.78 is 17.5. The van der Waals surface area contributed by atoms with Crippen LogP contribution in [0.3, 0.4) is 0 Å². The standard InChI is InChI=1S/C16H28BNO4.K.H/c1-14(2,3)20-13(19)18-10-8-12(9-11-18)17-21-15(4,5)16(6,7)22-17;;/h8H,9-11H2,1-7H3;;/q;+1;-1. The summed E-state index contributed by atoms with van der Waals surface area (Å²) in [7, 11) is -0.314. The first-order chi connectivity index (χ1) is 9.91. The van der Waals surface area contributed by atoms with E-state index in [1.54, 1.807) is 4.90 Å². The number of rotatable bonds is 1. The molecule has 1 amide bonds. The molecular weight excluding hydrogens is 320 g/mol. The third-order valence-electron chi connectivity index (χ3n) is 4.45. The number of hydrogen-bond donors (Lipinski definition) is 0. The van der Waals surface area contributed by atoms with Gasteiger partial charge in [0.1, 0.15) is 5.60 Å². The summed E-state index contributed by atoms with van der Waals surface area (Å²) in [6, 6.07) is 0. The van der Waals surface area contributed by atoms with E-state index >= 15 is 0 Å². The zero-order chi connectivity index (χ0) is 16.8. The van der Waals surface area contributed by atoms with Crippen molar-refractivity contribution in [1.82, 2.24) is 4.90 Å². The molecule has 5 nitrogen and oxygen atoms in total. The molecule has 2 rings (SSSR count). The number of ether oxygens (including phenoxy) is 1. The maximum atomic E-state index is 12.1. The second-order valence-corrected chi connectivity index (χ2v) is 8.04. The zero-order valence-electron chi connectivity index (χ0n) is 16.9. The number of carbonyl (C=O) groups excluding carboxylic acids is 1. The summed E-state index contributed by atoms with van der Waals surface area (Å²) in [6.45, 7) is 15.0. The Kier molecular flexibility index (Phi) is 7.05. The fourth-order valence-corrected chi connectivity index (χ4v) is 2.39. The van der Waals surface area contributed by atoms with Crippen LogP contribution in [0.2, 0.25) is 0 Å². The summed E-state index contributed by atoms with van der Waals surface area (Å²) in [5.41, 5.74) is -0.0209. The van der Waals surface area contributed by atoms with Gasteiger partial charge in [-0.05, 0) is 60.4 Å². The predicted molar refractivity (Wildman–Crippen MR) is 87.7 cm³/mol. The van der Waals surface area contributed by atoms with Crippen LogP contribution in [0, 0.1) is 0 Å². The van der Waals surface area contributed by atoms with Gasteiger partial charge in [-0.25, -0.2) is 4.79 Å². The molecule has 0 atom stereocenters. The molecule has 0 aromatic rings. The Hall–Kier alpha value is 0.631. The van der Waals surface area contributed by atoms with Crippen LogP contribution >= 0.6 is 0 Å². The van der Waals surface area contributed by atoms with Crippen LogP contribution in [-0.2, 0) is 14.0 Å². The molecule has 0 unspecified atom stereocenters. The first-order valence-corrected chi connectivity index (χ1v) is 7.94. The van der Waals surface area contributed by atoms with Crippen molar-refractivity contribution in [3.05, 3.63) is 11.5 Å². The van der Waals surface area contributed by atoms with Crippen LogP contribution in [0.15, 0.2) is 11.5 Å². The smallest absolute Gasteiger partial charge is 1.00 e. The van der Waals surface area contributed by atoms with Crippen molar-refractivity contribution in [2.45, 2.75) is 71.7 Å². The zero-order valence-corrected chi connectivity index (χ0v) is 19.0. The molecule has 0 aromatic heterocycles. The average Bonchev–Trinajstić information content (AvgIpc) is 2.56. The molecule has 0 aromatic carbocycles. The van der Waals surface area contributed by atoms with Gasteiger partial charge in [-0.15, -0.1) is 0 Å². The molecule has 0 aliphatic carbocycles. The Bertz CT molecular complexity index is 475. The quantitative estimate of drug-likeness (QED) is 0.639. The van der Waals surface area contributed by atoms with Gasteiger partial charge in [-0.3, -0.25) is 0 Å². The SMILES string of the molecule is CC(C)(C)OC(=O)N1CC=C(B2OC(C)(C)C(C)(C)O2)CC1.[H-].[K+].